The van der Waals surface area contributed by atoms with Gasteiger partial charge < -0.3 is 13.9 Å². The molecule has 0 saturated heterocycles. The van der Waals surface area contributed by atoms with Gasteiger partial charge >= 0.3 is 0 Å². The Balaban J connectivity index is 1.90. The van der Waals surface area contributed by atoms with Crippen molar-refractivity contribution in [3.05, 3.63) is 59.3 Å². The van der Waals surface area contributed by atoms with Crippen LogP contribution >= 0.6 is 0 Å². The minimum absolute atomic E-state index is 0.00626. The second-order valence-corrected chi connectivity index (χ2v) is 6.18. The fourth-order valence-electron chi connectivity index (χ4n) is 2.85. The molecule has 8 heteroatoms. The average Bonchev–Trinajstić information content (AvgIpc) is 3.08. The number of nitrogens with zero attached hydrogens (tertiary/aromatic N) is 3. The molecule has 0 radical (unpaired) electrons. The molecule has 0 saturated carbocycles. The van der Waals surface area contributed by atoms with E-state index >= 15 is 0 Å². The van der Waals surface area contributed by atoms with Crippen molar-refractivity contribution >= 4 is 11.4 Å². The number of ketones is 1. The molecular weight excluding hydrogens is 368 g/mol. The van der Waals surface area contributed by atoms with E-state index in [0.29, 0.717) is 36.6 Å². The van der Waals surface area contributed by atoms with Gasteiger partial charge in [0.15, 0.2) is 5.78 Å². The van der Waals surface area contributed by atoms with Gasteiger partial charge in [-0.25, -0.2) is 18.7 Å². The number of aromatic nitrogens is 3. The first-order valence-corrected chi connectivity index (χ1v) is 8.92. The van der Waals surface area contributed by atoms with E-state index in [4.69, 9.17) is 9.47 Å². The van der Waals surface area contributed by atoms with E-state index in [1.807, 2.05) is 17.5 Å². The third-order valence-corrected chi connectivity index (χ3v) is 4.18. The SMILES string of the molecule is CCOc1cc2nc(CCOC)cn2cc1CC(=O)c1cccc(C(F)F)n1. The molecule has 0 aliphatic carbocycles. The largest absolute Gasteiger partial charge is 0.493 e. The molecule has 0 aromatic carbocycles. The Hall–Kier alpha value is -2.87. The highest BCUT2D eigenvalue weighted by Crippen LogP contribution is 2.24. The topological polar surface area (TPSA) is 65.7 Å². The number of hydrogen-bond acceptors (Lipinski definition) is 5. The van der Waals surface area contributed by atoms with Crippen LogP contribution in [0.4, 0.5) is 8.78 Å². The highest BCUT2D eigenvalue weighted by molar-refractivity contribution is 5.96. The molecule has 0 fully saturated rings. The summed E-state index contributed by atoms with van der Waals surface area (Å²) in [6.07, 6.45) is 1.57. The second-order valence-electron chi connectivity index (χ2n) is 6.18. The van der Waals surface area contributed by atoms with Crippen molar-refractivity contribution in [1.82, 2.24) is 14.4 Å². The summed E-state index contributed by atoms with van der Waals surface area (Å²) in [5.74, 6) is 0.180. The normalized spacial score (nSPS) is 11.3. The fraction of sp³-hybridized carbons (Fsp3) is 0.350. The third-order valence-electron chi connectivity index (χ3n) is 4.18. The van der Waals surface area contributed by atoms with Gasteiger partial charge in [0.2, 0.25) is 0 Å². The molecule has 3 rings (SSSR count). The van der Waals surface area contributed by atoms with E-state index in [2.05, 4.69) is 9.97 Å². The summed E-state index contributed by atoms with van der Waals surface area (Å²) in [6.45, 7) is 2.83. The summed E-state index contributed by atoms with van der Waals surface area (Å²) in [6, 6.07) is 5.82. The Bertz CT molecular complexity index is 972. The number of Topliss-reactive ketones (excluding diaryl/α,β-unsaturated/α-hetero) is 1. The molecule has 0 aliphatic heterocycles. The van der Waals surface area contributed by atoms with Crippen LogP contribution in [-0.4, -0.2) is 40.5 Å². The second kappa shape index (κ2) is 8.88. The Morgan fingerprint density at radius 1 is 1.25 bits per heavy atom. The summed E-state index contributed by atoms with van der Waals surface area (Å²) >= 11 is 0. The third kappa shape index (κ3) is 4.51. The van der Waals surface area contributed by atoms with E-state index in [-0.39, 0.29) is 17.9 Å². The van der Waals surface area contributed by atoms with Gasteiger partial charge in [-0.3, -0.25) is 4.79 Å². The fourth-order valence-corrected chi connectivity index (χ4v) is 2.85. The van der Waals surface area contributed by atoms with E-state index in [0.717, 1.165) is 5.69 Å². The molecule has 6 nitrogen and oxygen atoms in total. The molecule has 0 amide bonds. The standard InChI is InChI=1S/C20H21F2N3O3/c1-3-28-18-10-19-23-14(7-8-27-2)12-25(19)11-13(18)9-17(26)15-5-4-6-16(24-15)20(21)22/h4-6,10-12,20H,3,7-9H2,1-2H3. The molecule has 0 bridgehead atoms. The zero-order valence-corrected chi connectivity index (χ0v) is 15.7. The van der Waals surface area contributed by atoms with Crippen molar-refractivity contribution in [3.63, 3.8) is 0 Å². The monoisotopic (exact) mass is 389 g/mol. The van der Waals surface area contributed by atoms with Gasteiger partial charge in [-0.15, -0.1) is 0 Å². The van der Waals surface area contributed by atoms with Crippen LogP contribution in [0.1, 0.15) is 40.8 Å². The number of alkyl halides is 2. The Morgan fingerprint density at radius 3 is 2.79 bits per heavy atom. The van der Waals surface area contributed by atoms with E-state index in [9.17, 15) is 13.6 Å². The van der Waals surface area contributed by atoms with Crippen LogP contribution in [0.25, 0.3) is 5.65 Å². The van der Waals surface area contributed by atoms with Gasteiger partial charge in [0.25, 0.3) is 6.43 Å². The summed E-state index contributed by atoms with van der Waals surface area (Å²) in [7, 11) is 1.63. The number of carbonyl (C=O) groups excluding carboxylic acids is 1. The predicted octanol–water partition coefficient (Wildman–Crippen LogP) is 3.68. The van der Waals surface area contributed by atoms with E-state index in [1.165, 1.54) is 18.2 Å². The van der Waals surface area contributed by atoms with Gasteiger partial charge in [0, 0.05) is 44.0 Å². The highest BCUT2D eigenvalue weighted by atomic mass is 19.3. The Morgan fingerprint density at radius 2 is 2.07 bits per heavy atom. The molecule has 148 valence electrons. The number of carbonyl (C=O) groups is 1. The molecule has 3 aromatic heterocycles. The first kappa shape index (κ1) is 19.9. The summed E-state index contributed by atoms with van der Waals surface area (Å²) in [4.78, 5) is 20.9. The number of rotatable bonds is 9. The molecular formula is C20H21F2N3O3. The van der Waals surface area contributed by atoms with Crippen molar-refractivity contribution in [3.8, 4) is 5.75 Å². The van der Waals surface area contributed by atoms with Crippen LogP contribution in [-0.2, 0) is 17.6 Å². The number of imidazole rings is 1. The van der Waals surface area contributed by atoms with Crippen LogP contribution in [0.5, 0.6) is 5.75 Å². The number of methoxy groups -OCH3 is 1. The number of fused-ring (bicyclic) bond motifs is 1. The minimum atomic E-state index is -2.72. The first-order chi connectivity index (χ1) is 13.5. The number of hydrogen-bond donors (Lipinski definition) is 0. The Kier molecular flexibility index (Phi) is 6.30. The summed E-state index contributed by atoms with van der Waals surface area (Å²) in [5.41, 5.74) is 1.79. The van der Waals surface area contributed by atoms with Crippen LogP contribution < -0.4 is 4.74 Å². The molecule has 0 aliphatic rings. The molecule has 3 aromatic rings. The smallest absolute Gasteiger partial charge is 0.280 e. The van der Waals surface area contributed by atoms with Crippen molar-refractivity contribution in [2.75, 3.05) is 20.3 Å². The molecule has 0 atom stereocenters. The van der Waals surface area contributed by atoms with Crippen LogP contribution in [0.3, 0.4) is 0 Å². The van der Waals surface area contributed by atoms with Gasteiger partial charge in [-0.05, 0) is 19.1 Å². The lowest BCUT2D eigenvalue weighted by Gasteiger charge is -2.11. The lowest BCUT2D eigenvalue weighted by atomic mass is 10.1. The van der Waals surface area contributed by atoms with Crippen LogP contribution in [0.2, 0.25) is 0 Å². The molecule has 3 heterocycles. The number of ether oxygens (including phenoxy) is 2. The minimum Gasteiger partial charge on any atom is -0.493 e. The van der Waals surface area contributed by atoms with Crippen LogP contribution in [0.15, 0.2) is 36.7 Å². The first-order valence-electron chi connectivity index (χ1n) is 8.92. The van der Waals surface area contributed by atoms with Gasteiger partial charge in [-0.2, -0.15) is 0 Å². The molecule has 28 heavy (non-hydrogen) atoms. The maximum absolute atomic E-state index is 12.9. The van der Waals surface area contributed by atoms with Crippen LogP contribution in [0, 0.1) is 0 Å². The summed E-state index contributed by atoms with van der Waals surface area (Å²) in [5, 5.41) is 0. The number of halogens is 2. The Labute approximate surface area is 161 Å². The average molecular weight is 389 g/mol. The van der Waals surface area contributed by atoms with Gasteiger partial charge in [0.1, 0.15) is 22.8 Å². The van der Waals surface area contributed by atoms with Gasteiger partial charge in [-0.1, -0.05) is 6.07 Å². The van der Waals surface area contributed by atoms with Crippen molar-refractivity contribution < 1.29 is 23.0 Å². The maximum atomic E-state index is 12.9. The zero-order chi connectivity index (χ0) is 20.1. The lowest BCUT2D eigenvalue weighted by molar-refractivity contribution is 0.0984. The molecule has 0 spiro atoms. The van der Waals surface area contributed by atoms with Crippen molar-refractivity contribution in [2.24, 2.45) is 0 Å². The highest BCUT2D eigenvalue weighted by Gasteiger charge is 2.17. The van der Waals surface area contributed by atoms with E-state index in [1.54, 1.807) is 19.4 Å². The van der Waals surface area contributed by atoms with E-state index < -0.39 is 12.1 Å². The van der Waals surface area contributed by atoms with Crippen molar-refractivity contribution in [1.29, 1.82) is 0 Å². The molecule has 0 unspecified atom stereocenters. The lowest BCUT2D eigenvalue weighted by Crippen LogP contribution is -2.10. The quantitative estimate of drug-likeness (QED) is 0.523. The van der Waals surface area contributed by atoms with Gasteiger partial charge in [0.05, 0.1) is 18.9 Å². The number of pyridine rings is 2. The predicted molar refractivity (Wildman–Crippen MR) is 99.2 cm³/mol. The zero-order valence-electron chi connectivity index (χ0n) is 15.7. The summed E-state index contributed by atoms with van der Waals surface area (Å²) < 4.78 is 38.3. The van der Waals surface area contributed by atoms with Crippen molar-refractivity contribution in [2.45, 2.75) is 26.2 Å². The maximum Gasteiger partial charge on any atom is 0.280 e. The molecule has 0 N–H and O–H groups in total.